The van der Waals surface area contributed by atoms with Gasteiger partial charge in [0.2, 0.25) is 0 Å². The molecule has 2 aromatic carbocycles. The molecular weight excluding hydrogens is 406 g/mol. The highest BCUT2D eigenvalue weighted by molar-refractivity contribution is 7.92. The molecular formula is C22H23NO4S2. The lowest BCUT2D eigenvalue weighted by Crippen LogP contribution is -2.17. The molecule has 0 radical (unpaired) electrons. The van der Waals surface area contributed by atoms with Gasteiger partial charge < -0.3 is 5.11 Å². The molecule has 1 heterocycles. The van der Waals surface area contributed by atoms with E-state index in [1.54, 1.807) is 17.5 Å². The Bertz CT molecular complexity index is 1170. The first kappa shape index (κ1) is 21.1. The molecule has 152 valence electrons. The monoisotopic (exact) mass is 429 g/mol. The third-order valence-electron chi connectivity index (χ3n) is 4.57. The summed E-state index contributed by atoms with van der Waals surface area (Å²) < 4.78 is 28.9. The molecule has 0 aliphatic heterocycles. The van der Waals surface area contributed by atoms with E-state index in [-0.39, 0.29) is 20.9 Å². The van der Waals surface area contributed by atoms with Crippen molar-refractivity contribution in [3.8, 4) is 11.1 Å². The van der Waals surface area contributed by atoms with Crippen molar-refractivity contribution < 1.29 is 18.3 Å². The zero-order valence-electron chi connectivity index (χ0n) is 16.7. The maximum atomic E-state index is 13.2. The number of carboxylic acid groups (broad SMARTS) is 1. The third kappa shape index (κ3) is 4.52. The number of sulfonamides is 1. The topological polar surface area (TPSA) is 83.5 Å². The Balaban J connectivity index is 2.17. The molecule has 0 atom stereocenters. The smallest absolute Gasteiger partial charge is 0.348 e. The van der Waals surface area contributed by atoms with Crippen LogP contribution in [0.3, 0.4) is 0 Å². The Morgan fingerprint density at radius 1 is 1.07 bits per heavy atom. The van der Waals surface area contributed by atoms with Crippen LogP contribution in [0.15, 0.2) is 58.8 Å². The number of aromatic carboxylic acids is 1. The molecule has 0 amide bonds. The van der Waals surface area contributed by atoms with Gasteiger partial charge in [-0.2, -0.15) is 0 Å². The summed E-state index contributed by atoms with van der Waals surface area (Å²) >= 11 is 0.975. The molecule has 0 saturated heterocycles. The summed E-state index contributed by atoms with van der Waals surface area (Å²) in [5, 5.41) is 10.8. The number of nitrogens with one attached hydrogen (secondary N) is 1. The van der Waals surface area contributed by atoms with E-state index in [4.69, 9.17) is 0 Å². The quantitative estimate of drug-likeness (QED) is 0.559. The van der Waals surface area contributed by atoms with Gasteiger partial charge in [0.15, 0.2) is 0 Å². The number of aryl methyl sites for hydroxylation is 1. The molecule has 0 aliphatic carbocycles. The first-order valence-corrected chi connectivity index (χ1v) is 11.4. The summed E-state index contributed by atoms with van der Waals surface area (Å²) in [6, 6.07) is 14.4. The summed E-state index contributed by atoms with van der Waals surface area (Å²) in [7, 11) is -4.00. The molecule has 2 N–H and O–H groups in total. The van der Waals surface area contributed by atoms with Crippen LogP contribution in [0.4, 0.5) is 5.69 Å². The van der Waals surface area contributed by atoms with Gasteiger partial charge in [-0.1, -0.05) is 56.7 Å². The zero-order valence-corrected chi connectivity index (χ0v) is 18.3. The third-order valence-corrected chi connectivity index (χ3v) is 6.89. The standard InChI is InChI=1S/C22H23NO4S2/c1-14-6-5-7-15(12-14)17-13-16(22(2,3)4)8-9-19(17)29(26,27)23-18-10-11-28-20(18)21(24)25/h5-13,23H,1-4H3,(H,24,25). The molecule has 0 saturated carbocycles. The van der Waals surface area contributed by atoms with E-state index in [1.165, 1.54) is 6.07 Å². The largest absolute Gasteiger partial charge is 0.477 e. The van der Waals surface area contributed by atoms with Crippen molar-refractivity contribution in [3.05, 3.63) is 69.9 Å². The van der Waals surface area contributed by atoms with Crippen molar-refractivity contribution in [3.63, 3.8) is 0 Å². The van der Waals surface area contributed by atoms with E-state index in [0.717, 1.165) is 28.0 Å². The molecule has 3 aromatic rings. The normalized spacial score (nSPS) is 12.0. The number of hydrogen-bond acceptors (Lipinski definition) is 4. The van der Waals surface area contributed by atoms with Gasteiger partial charge >= 0.3 is 5.97 Å². The van der Waals surface area contributed by atoms with Crippen LogP contribution in [0.25, 0.3) is 11.1 Å². The Kier molecular flexibility index (Phi) is 5.56. The lowest BCUT2D eigenvalue weighted by atomic mass is 9.85. The number of hydrogen-bond donors (Lipinski definition) is 2. The maximum Gasteiger partial charge on any atom is 0.348 e. The molecule has 5 nitrogen and oxygen atoms in total. The van der Waals surface area contributed by atoms with Crippen molar-refractivity contribution in [2.45, 2.75) is 38.0 Å². The lowest BCUT2D eigenvalue weighted by molar-refractivity contribution is 0.0703. The number of carbonyl (C=O) groups is 1. The second-order valence-corrected chi connectivity index (χ2v) is 10.5. The number of carboxylic acids is 1. The molecule has 7 heteroatoms. The van der Waals surface area contributed by atoms with E-state index >= 15 is 0 Å². The molecule has 0 unspecified atom stereocenters. The van der Waals surface area contributed by atoms with Crippen LogP contribution in [0.2, 0.25) is 0 Å². The average Bonchev–Trinajstić information content (AvgIpc) is 3.08. The van der Waals surface area contributed by atoms with Crippen molar-refractivity contribution in [1.29, 1.82) is 0 Å². The van der Waals surface area contributed by atoms with Gasteiger partial charge in [0, 0.05) is 5.56 Å². The van der Waals surface area contributed by atoms with Gasteiger partial charge in [-0.15, -0.1) is 11.3 Å². The van der Waals surface area contributed by atoms with Gasteiger partial charge in [0.25, 0.3) is 10.0 Å². The predicted octanol–water partition coefficient (Wildman–Crippen LogP) is 5.52. The van der Waals surface area contributed by atoms with Gasteiger partial charge in [0.05, 0.1) is 10.6 Å². The van der Waals surface area contributed by atoms with Crippen molar-refractivity contribution in [2.75, 3.05) is 4.72 Å². The molecule has 29 heavy (non-hydrogen) atoms. The van der Waals surface area contributed by atoms with Crippen LogP contribution in [0.1, 0.15) is 41.6 Å². The molecule has 0 bridgehead atoms. The molecule has 1 aromatic heterocycles. The fraction of sp³-hybridized carbons (Fsp3) is 0.227. The Labute approximate surface area is 175 Å². The highest BCUT2D eigenvalue weighted by Crippen LogP contribution is 2.35. The zero-order chi connectivity index (χ0) is 21.4. The van der Waals surface area contributed by atoms with Crippen LogP contribution in [0, 0.1) is 6.92 Å². The van der Waals surface area contributed by atoms with Gasteiger partial charge in [-0.3, -0.25) is 4.72 Å². The minimum Gasteiger partial charge on any atom is -0.477 e. The lowest BCUT2D eigenvalue weighted by Gasteiger charge is -2.22. The summed E-state index contributed by atoms with van der Waals surface area (Å²) in [5.41, 5.74) is 3.32. The van der Waals surface area contributed by atoms with Gasteiger partial charge in [-0.25, -0.2) is 13.2 Å². The second kappa shape index (κ2) is 7.65. The first-order valence-electron chi connectivity index (χ1n) is 9.04. The molecule has 0 aliphatic rings. The minimum atomic E-state index is -4.00. The van der Waals surface area contributed by atoms with Crippen LogP contribution in [0.5, 0.6) is 0 Å². The fourth-order valence-electron chi connectivity index (χ4n) is 3.02. The van der Waals surface area contributed by atoms with Crippen molar-refractivity contribution in [2.24, 2.45) is 0 Å². The second-order valence-electron chi connectivity index (χ2n) is 7.90. The number of anilines is 1. The number of thiophene rings is 1. The number of rotatable bonds is 5. The van der Waals surface area contributed by atoms with Crippen molar-refractivity contribution in [1.82, 2.24) is 0 Å². The summed E-state index contributed by atoms with van der Waals surface area (Å²) in [4.78, 5) is 11.4. The van der Waals surface area contributed by atoms with Gasteiger partial charge in [-0.05, 0) is 47.0 Å². The first-order chi connectivity index (χ1) is 13.5. The SMILES string of the molecule is Cc1cccc(-c2cc(C(C)(C)C)ccc2S(=O)(=O)Nc2ccsc2C(=O)O)c1. The fourth-order valence-corrected chi connectivity index (χ4v) is 5.06. The van der Waals surface area contributed by atoms with E-state index in [1.807, 2.05) is 37.3 Å². The van der Waals surface area contributed by atoms with E-state index < -0.39 is 16.0 Å². The minimum absolute atomic E-state index is 0.0445. The Morgan fingerprint density at radius 2 is 1.79 bits per heavy atom. The van der Waals surface area contributed by atoms with E-state index in [9.17, 15) is 18.3 Å². The highest BCUT2D eigenvalue weighted by Gasteiger charge is 2.25. The molecule has 0 fully saturated rings. The summed E-state index contributed by atoms with van der Waals surface area (Å²) in [5.74, 6) is -1.17. The van der Waals surface area contributed by atoms with E-state index in [0.29, 0.717) is 5.56 Å². The van der Waals surface area contributed by atoms with Crippen LogP contribution in [-0.4, -0.2) is 19.5 Å². The summed E-state index contributed by atoms with van der Waals surface area (Å²) in [6.45, 7) is 8.16. The Hall–Kier alpha value is -2.64. The highest BCUT2D eigenvalue weighted by atomic mass is 32.2. The Morgan fingerprint density at radius 3 is 2.41 bits per heavy atom. The maximum absolute atomic E-state index is 13.2. The van der Waals surface area contributed by atoms with Crippen LogP contribution >= 0.6 is 11.3 Å². The summed E-state index contributed by atoms with van der Waals surface area (Å²) in [6.07, 6.45) is 0. The number of benzene rings is 2. The van der Waals surface area contributed by atoms with Crippen LogP contribution in [-0.2, 0) is 15.4 Å². The predicted molar refractivity (Wildman–Crippen MR) is 117 cm³/mol. The van der Waals surface area contributed by atoms with Crippen molar-refractivity contribution >= 4 is 33.0 Å². The van der Waals surface area contributed by atoms with E-state index in [2.05, 4.69) is 25.5 Å². The molecule has 3 rings (SSSR count). The average molecular weight is 430 g/mol. The molecule has 0 spiro atoms. The van der Waals surface area contributed by atoms with Gasteiger partial charge in [0.1, 0.15) is 4.88 Å². The van der Waals surface area contributed by atoms with Crippen LogP contribution < -0.4 is 4.72 Å².